The highest BCUT2D eigenvalue weighted by atomic mass is 16.7. The number of hydrogen-bond acceptors (Lipinski definition) is 4. The Morgan fingerprint density at radius 2 is 1.94 bits per heavy atom. The number of rotatable bonds is 5. The molecule has 1 aromatic rings. The summed E-state index contributed by atoms with van der Waals surface area (Å²) < 4.78 is 22.3. The van der Waals surface area contributed by atoms with E-state index in [1.807, 2.05) is 30.3 Å². The molecular formula is C14H20O4. The van der Waals surface area contributed by atoms with Crippen molar-refractivity contribution in [2.75, 3.05) is 27.4 Å². The Hall–Kier alpha value is -0.940. The van der Waals surface area contributed by atoms with E-state index in [2.05, 4.69) is 0 Å². The molecule has 0 aliphatic carbocycles. The van der Waals surface area contributed by atoms with E-state index in [1.54, 1.807) is 14.2 Å². The van der Waals surface area contributed by atoms with Gasteiger partial charge < -0.3 is 18.9 Å². The van der Waals surface area contributed by atoms with Crippen molar-refractivity contribution < 1.29 is 18.9 Å². The fraction of sp³-hybridized carbons (Fsp3) is 0.571. The van der Waals surface area contributed by atoms with Gasteiger partial charge in [0, 0.05) is 20.6 Å². The molecule has 0 aromatic heterocycles. The lowest BCUT2D eigenvalue weighted by Crippen LogP contribution is -2.53. The first-order valence-corrected chi connectivity index (χ1v) is 6.14. The van der Waals surface area contributed by atoms with E-state index in [-0.39, 0.29) is 6.10 Å². The van der Waals surface area contributed by atoms with Gasteiger partial charge in [0.2, 0.25) is 0 Å². The number of ether oxygens (including phenoxy) is 4. The van der Waals surface area contributed by atoms with E-state index in [0.29, 0.717) is 26.2 Å². The summed E-state index contributed by atoms with van der Waals surface area (Å²) in [5.74, 6) is -0.687. The molecule has 0 spiro atoms. The molecule has 1 fully saturated rings. The molecule has 0 N–H and O–H groups in total. The van der Waals surface area contributed by atoms with E-state index in [4.69, 9.17) is 18.9 Å². The maximum atomic E-state index is 5.89. The van der Waals surface area contributed by atoms with Gasteiger partial charge >= 0.3 is 0 Å². The molecule has 1 aromatic carbocycles. The van der Waals surface area contributed by atoms with Crippen LogP contribution in [0, 0.1) is 0 Å². The van der Waals surface area contributed by atoms with Crippen molar-refractivity contribution in [2.45, 2.75) is 24.9 Å². The molecular weight excluding hydrogens is 232 g/mol. The molecule has 100 valence electrons. The van der Waals surface area contributed by atoms with Crippen LogP contribution in [0.5, 0.6) is 0 Å². The molecule has 1 atom stereocenters. The van der Waals surface area contributed by atoms with Crippen LogP contribution in [-0.2, 0) is 25.6 Å². The van der Waals surface area contributed by atoms with Crippen molar-refractivity contribution in [3.05, 3.63) is 35.9 Å². The summed E-state index contributed by atoms with van der Waals surface area (Å²) in [6.45, 7) is 1.66. The molecule has 2 rings (SSSR count). The van der Waals surface area contributed by atoms with Crippen molar-refractivity contribution in [1.82, 2.24) is 0 Å². The Morgan fingerprint density at radius 1 is 1.22 bits per heavy atom. The second kappa shape index (κ2) is 6.29. The second-order valence-electron chi connectivity index (χ2n) is 4.33. The van der Waals surface area contributed by atoms with Crippen LogP contribution in [0.4, 0.5) is 0 Å². The summed E-state index contributed by atoms with van der Waals surface area (Å²) in [5, 5.41) is 0. The summed E-state index contributed by atoms with van der Waals surface area (Å²) in [4.78, 5) is 0. The quantitative estimate of drug-likeness (QED) is 0.751. The summed E-state index contributed by atoms with van der Waals surface area (Å²) in [5.41, 5.74) is 1.13. The lowest BCUT2D eigenvalue weighted by Gasteiger charge is -2.40. The third-order valence-corrected chi connectivity index (χ3v) is 3.34. The summed E-state index contributed by atoms with van der Waals surface area (Å²) in [6, 6.07) is 10.0. The maximum Gasteiger partial charge on any atom is 0.198 e. The number of benzene rings is 1. The molecule has 18 heavy (non-hydrogen) atoms. The van der Waals surface area contributed by atoms with Crippen LogP contribution in [-0.4, -0.2) is 39.3 Å². The van der Waals surface area contributed by atoms with Gasteiger partial charge in [-0.05, 0) is 5.56 Å². The molecule has 0 saturated carbocycles. The smallest absolute Gasteiger partial charge is 0.198 e. The molecule has 0 amide bonds. The summed E-state index contributed by atoms with van der Waals surface area (Å²) in [7, 11) is 3.29. The Kier molecular flexibility index (Phi) is 4.72. The van der Waals surface area contributed by atoms with E-state index >= 15 is 0 Å². The van der Waals surface area contributed by atoms with Gasteiger partial charge in [-0.1, -0.05) is 30.3 Å². The highest BCUT2D eigenvalue weighted by Gasteiger charge is 2.43. The maximum absolute atomic E-state index is 5.89. The van der Waals surface area contributed by atoms with Gasteiger partial charge in [0.05, 0.1) is 19.8 Å². The first-order valence-electron chi connectivity index (χ1n) is 6.14. The van der Waals surface area contributed by atoms with Crippen molar-refractivity contribution in [3.8, 4) is 0 Å². The van der Waals surface area contributed by atoms with Crippen LogP contribution < -0.4 is 0 Å². The van der Waals surface area contributed by atoms with Gasteiger partial charge in [0.15, 0.2) is 5.79 Å². The minimum absolute atomic E-state index is 0.207. The van der Waals surface area contributed by atoms with Crippen molar-refractivity contribution in [2.24, 2.45) is 0 Å². The summed E-state index contributed by atoms with van der Waals surface area (Å²) >= 11 is 0. The monoisotopic (exact) mass is 252 g/mol. The predicted molar refractivity (Wildman–Crippen MR) is 67.2 cm³/mol. The molecule has 1 aliphatic heterocycles. The van der Waals surface area contributed by atoms with E-state index in [0.717, 1.165) is 5.56 Å². The van der Waals surface area contributed by atoms with Gasteiger partial charge in [-0.3, -0.25) is 0 Å². The standard InChI is InChI=1S/C14H20O4/c1-15-14(16-2)8-9-17-11-13(14)18-10-12-6-4-3-5-7-12/h3-7,13H,8-11H2,1-2H3/t13-/m0/s1. The third-order valence-electron chi connectivity index (χ3n) is 3.34. The average Bonchev–Trinajstić information content (AvgIpc) is 2.46. The molecule has 0 unspecified atom stereocenters. The van der Waals surface area contributed by atoms with E-state index < -0.39 is 5.79 Å². The number of methoxy groups -OCH3 is 2. The van der Waals surface area contributed by atoms with Gasteiger partial charge in [-0.25, -0.2) is 0 Å². The Bertz CT molecular complexity index is 348. The second-order valence-corrected chi connectivity index (χ2v) is 4.33. The van der Waals surface area contributed by atoms with Crippen LogP contribution in [0.3, 0.4) is 0 Å². The van der Waals surface area contributed by atoms with Gasteiger partial charge in [-0.15, -0.1) is 0 Å². The van der Waals surface area contributed by atoms with Crippen molar-refractivity contribution in [3.63, 3.8) is 0 Å². The lowest BCUT2D eigenvalue weighted by molar-refractivity contribution is -0.305. The Morgan fingerprint density at radius 3 is 2.61 bits per heavy atom. The fourth-order valence-corrected chi connectivity index (χ4v) is 2.19. The molecule has 1 heterocycles. The largest absolute Gasteiger partial charge is 0.378 e. The molecule has 4 heteroatoms. The molecule has 1 saturated heterocycles. The lowest BCUT2D eigenvalue weighted by atomic mass is 10.0. The fourth-order valence-electron chi connectivity index (χ4n) is 2.19. The van der Waals surface area contributed by atoms with Crippen LogP contribution in [0.2, 0.25) is 0 Å². The Balaban J connectivity index is 1.98. The van der Waals surface area contributed by atoms with Crippen LogP contribution in [0.1, 0.15) is 12.0 Å². The first kappa shape index (κ1) is 13.5. The minimum Gasteiger partial charge on any atom is -0.378 e. The van der Waals surface area contributed by atoms with Crippen LogP contribution in [0.15, 0.2) is 30.3 Å². The van der Waals surface area contributed by atoms with Crippen molar-refractivity contribution in [1.29, 1.82) is 0 Å². The van der Waals surface area contributed by atoms with Gasteiger partial charge in [0.1, 0.15) is 6.10 Å². The zero-order valence-electron chi connectivity index (χ0n) is 10.9. The van der Waals surface area contributed by atoms with Crippen LogP contribution >= 0.6 is 0 Å². The van der Waals surface area contributed by atoms with Crippen molar-refractivity contribution >= 4 is 0 Å². The van der Waals surface area contributed by atoms with E-state index in [9.17, 15) is 0 Å². The van der Waals surface area contributed by atoms with E-state index in [1.165, 1.54) is 0 Å². The average molecular weight is 252 g/mol. The first-order chi connectivity index (χ1) is 8.80. The molecule has 0 bridgehead atoms. The van der Waals surface area contributed by atoms with Gasteiger partial charge in [-0.2, -0.15) is 0 Å². The Labute approximate surface area is 108 Å². The number of hydrogen-bond donors (Lipinski definition) is 0. The third kappa shape index (κ3) is 2.90. The highest BCUT2D eigenvalue weighted by molar-refractivity contribution is 5.13. The molecule has 4 nitrogen and oxygen atoms in total. The highest BCUT2D eigenvalue weighted by Crippen LogP contribution is 2.28. The zero-order chi connectivity index (χ0) is 12.8. The SMILES string of the molecule is COC1(OC)CCOC[C@@H]1OCc1ccccc1. The summed E-state index contributed by atoms with van der Waals surface area (Å²) in [6.07, 6.45) is 0.473. The van der Waals surface area contributed by atoms with Crippen LogP contribution in [0.25, 0.3) is 0 Å². The van der Waals surface area contributed by atoms with Gasteiger partial charge in [0.25, 0.3) is 0 Å². The normalized spacial score (nSPS) is 22.9. The molecule has 0 radical (unpaired) electrons. The molecule has 1 aliphatic rings. The minimum atomic E-state index is -0.687. The topological polar surface area (TPSA) is 36.9 Å². The predicted octanol–water partition coefficient (Wildman–Crippen LogP) is 1.98. The zero-order valence-corrected chi connectivity index (χ0v) is 10.9.